The molecule has 0 aliphatic carbocycles. The Hall–Kier alpha value is -4.28. The summed E-state index contributed by atoms with van der Waals surface area (Å²) >= 11 is 1.50. The van der Waals surface area contributed by atoms with Gasteiger partial charge in [-0.25, -0.2) is 8.42 Å². The maximum absolute atomic E-state index is 14.7. The Morgan fingerprint density at radius 1 is 0.875 bits per heavy atom. The summed E-state index contributed by atoms with van der Waals surface area (Å²) in [5.74, 6) is -0.295. The molecular weight excluding hydrogens is 643 g/mol. The number of nitrogens with one attached hydrogen (secondary N) is 1. The van der Waals surface area contributed by atoms with Crippen LogP contribution in [-0.4, -0.2) is 57.1 Å². The van der Waals surface area contributed by atoms with E-state index in [4.69, 9.17) is 4.74 Å². The van der Waals surface area contributed by atoms with Crippen LogP contribution in [0.2, 0.25) is 0 Å². The number of nitrogens with zero attached hydrogens (tertiary/aromatic N) is 2. The van der Waals surface area contributed by atoms with Crippen LogP contribution in [-0.2, 0) is 32.6 Å². The van der Waals surface area contributed by atoms with Crippen molar-refractivity contribution in [2.24, 2.45) is 5.92 Å². The lowest BCUT2D eigenvalue weighted by molar-refractivity contribution is -0.140. The van der Waals surface area contributed by atoms with E-state index in [9.17, 15) is 18.0 Å². The number of sulfonamides is 1. The number of rotatable bonds is 16. The predicted molar refractivity (Wildman–Crippen MR) is 194 cm³/mol. The highest BCUT2D eigenvalue weighted by Crippen LogP contribution is 2.33. The highest BCUT2D eigenvalue weighted by molar-refractivity contribution is 7.98. The minimum Gasteiger partial charge on any atom is -0.492 e. The van der Waals surface area contributed by atoms with Gasteiger partial charge in [-0.15, -0.1) is 11.8 Å². The van der Waals surface area contributed by atoms with Gasteiger partial charge >= 0.3 is 0 Å². The molecule has 4 rings (SSSR count). The van der Waals surface area contributed by atoms with Crippen LogP contribution in [0, 0.1) is 12.8 Å². The Bertz CT molecular complexity index is 1760. The fraction of sp³-hybridized carbons (Fsp3) is 0.316. The van der Waals surface area contributed by atoms with Crippen molar-refractivity contribution in [3.8, 4) is 5.75 Å². The van der Waals surface area contributed by atoms with Gasteiger partial charge in [0.1, 0.15) is 18.3 Å². The van der Waals surface area contributed by atoms with Crippen molar-refractivity contribution in [3.05, 3.63) is 120 Å². The summed E-state index contributed by atoms with van der Waals surface area (Å²) < 4.78 is 35.8. The van der Waals surface area contributed by atoms with Gasteiger partial charge in [0.05, 0.1) is 17.2 Å². The average Bonchev–Trinajstić information content (AvgIpc) is 3.08. The molecule has 0 spiro atoms. The van der Waals surface area contributed by atoms with E-state index in [1.807, 2.05) is 88.5 Å². The van der Waals surface area contributed by atoms with Gasteiger partial charge in [-0.3, -0.25) is 13.9 Å². The first-order chi connectivity index (χ1) is 23.0. The van der Waals surface area contributed by atoms with E-state index in [1.165, 1.54) is 16.7 Å². The maximum atomic E-state index is 14.7. The van der Waals surface area contributed by atoms with Crippen LogP contribution in [0.25, 0.3) is 0 Å². The molecule has 254 valence electrons. The van der Waals surface area contributed by atoms with Crippen LogP contribution < -0.4 is 14.4 Å². The summed E-state index contributed by atoms with van der Waals surface area (Å²) in [6, 6.07) is 29.7. The van der Waals surface area contributed by atoms with Crippen molar-refractivity contribution < 1.29 is 22.7 Å². The molecule has 0 aromatic heterocycles. The molecule has 0 aliphatic rings. The van der Waals surface area contributed by atoms with Gasteiger partial charge in [-0.05, 0) is 73.5 Å². The first kappa shape index (κ1) is 36.6. The number of benzene rings is 4. The van der Waals surface area contributed by atoms with Crippen molar-refractivity contribution in [1.82, 2.24) is 10.2 Å². The van der Waals surface area contributed by atoms with Crippen LogP contribution >= 0.6 is 11.8 Å². The molecule has 10 heteroatoms. The highest BCUT2D eigenvalue weighted by atomic mass is 32.2. The molecule has 0 heterocycles. The average molecular weight is 688 g/mol. The monoisotopic (exact) mass is 687 g/mol. The van der Waals surface area contributed by atoms with E-state index in [1.54, 1.807) is 48.5 Å². The minimum atomic E-state index is -4.26. The van der Waals surface area contributed by atoms with E-state index in [0.29, 0.717) is 18.9 Å². The number of aryl methyl sites for hydroxylation is 1. The molecule has 2 amide bonds. The third-order valence-corrected chi connectivity index (χ3v) is 10.3. The Labute approximate surface area is 289 Å². The van der Waals surface area contributed by atoms with E-state index >= 15 is 0 Å². The lowest BCUT2D eigenvalue weighted by Gasteiger charge is -2.34. The number of amides is 2. The van der Waals surface area contributed by atoms with E-state index in [2.05, 4.69) is 5.32 Å². The number of anilines is 1. The number of carbonyl (C=O) groups excluding carboxylic acids is 2. The summed E-state index contributed by atoms with van der Waals surface area (Å²) in [5, 5.41) is 3.03. The number of ether oxygens (including phenoxy) is 1. The molecule has 0 unspecified atom stereocenters. The Kier molecular flexibility index (Phi) is 13.1. The number of carbonyl (C=O) groups is 2. The molecule has 4 aromatic rings. The number of hydrogen-bond acceptors (Lipinski definition) is 6. The first-order valence-electron chi connectivity index (χ1n) is 16.1. The number of para-hydroxylation sites is 2. The molecule has 48 heavy (non-hydrogen) atoms. The summed E-state index contributed by atoms with van der Waals surface area (Å²) in [6.07, 6.45) is 2.17. The van der Waals surface area contributed by atoms with Gasteiger partial charge in [0.15, 0.2) is 0 Å². The lowest BCUT2D eigenvalue weighted by atomic mass is 10.0. The van der Waals surface area contributed by atoms with Crippen LogP contribution in [0.1, 0.15) is 37.5 Å². The smallest absolute Gasteiger partial charge is 0.264 e. The van der Waals surface area contributed by atoms with E-state index in [-0.39, 0.29) is 35.4 Å². The third-order valence-electron chi connectivity index (χ3n) is 7.75. The summed E-state index contributed by atoms with van der Waals surface area (Å²) in [5.41, 5.74) is 2.95. The zero-order valence-corrected chi connectivity index (χ0v) is 29.9. The second-order valence-corrected chi connectivity index (χ2v) is 14.7. The SMILES string of the molecule is CCOc1ccccc1N(CC(=O)N(Cc1cccc(C)c1)[C@@H](Cc1ccccc1)C(=O)NCC(C)C)S(=O)(=O)c1ccc(SC)cc1. The third kappa shape index (κ3) is 9.64. The lowest BCUT2D eigenvalue weighted by Crippen LogP contribution is -2.53. The molecule has 1 N–H and O–H groups in total. The van der Waals surface area contributed by atoms with Crippen molar-refractivity contribution in [2.45, 2.75) is 56.5 Å². The van der Waals surface area contributed by atoms with Gasteiger partial charge in [0, 0.05) is 24.4 Å². The number of hydrogen-bond donors (Lipinski definition) is 1. The van der Waals surface area contributed by atoms with Crippen LogP contribution in [0.3, 0.4) is 0 Å². The summed E-state index contributed by atoms with van der Waals surface area (Å²) in [4.78, 5) is 31.2. The highest BCUT2D eigenvalue weighted by Gasteiger charge is 2.35. The second kappa shape index (κ2) is 17.2. The molecule has 0 aliphatic heterocycles. The van der Waals surface area contributed by atoms with Crippen molar-refractivity contribution in [2.75, 3.05) is 30.3 Å². The molecular formula is C38H45N3O5S2. The van der Waals surface area contributed by atoms with E-state index in [0.717, 1.165) is 25.9 Å². The van der Waals surface area contributed by atoms with Crippen LogP contribution in [0.5, 0.6) is 5.75 Å². The molecule has 0 bridgehead atoms. The largest absolute Gasteiger partial charge is 0.492 e. The van der Waals surface area contributed by atoms with Crippen molar-refractivity contribution in [1.29, 1.82) is 0 Å². The molecule has 4 aromatic carbocycles. The molecule has 0 saturated carbocycles. The van der Waals surface area contributed by atoms with Gasteiger partial charge in [-0.1, -0.05) is 86.1 Å². The van der Waals surface area contributed by atoms with Crippen molar-refractivity contribution >= 4 is 39.3 Å². The minimum absolute atomic E-state index is 0.0418. The molecule has 0 fully saturated rings. The second-order valence-electron chi connectivity index (χ2n) is 11.9. The topological polar surface area (TPSA) is 96.0 Å². The normalized spacial score (nSPS) is 12.0. The van der Waals surface area contributed by atoms with Crippen LogP contribution in [0.4, 0.5) is 5.69 Å². The predicted octanol–water partition coefficient (Wildman–Crippen LogP) is 6.72. The first-order valence-corrected chi connectivity index (χ1v) is 18.7. The van der Waals surface area contributed by atoms with Gasteiger partial charge in [-0.2, -0.15) is 0 Å². The van der Waals surface area contributed by atoms with Crippen molar-refractivity contribution in [3.63, 3.8) is 0 Å². The Morgan fingerprint density at radius 2 is 1.54 bits per heavy atom. The standard InChI is InChI=1S/C38H45N3O5S2/c1-6-46-36-18-11-10-17-34(36)41(48(44,45)33-21-19-32(47-5)20-22-33)27-37(42)40(26-31-16-12-13-29(4)23-31)35(38(43)39-25-28(2)3)24-30-14-8-7-9-15-30/h7-23,28,35H,6,24-27H2,1-5H3,(H,39,43)/t35-/m0/s1. The summed E-state index contributed by atoms with van der Waals surface area (Å²) in [6.45, 7) is 8.09. The quantitative estimate of drug-likeness (QED) is 0.131. The fourth-order valence-corrected chi connectivity index (χ4v) is 7.15. The molecule has 0 saturated heterocycles. The maximum Gasteiger partial charge on any atom is 0.264 e. The van der Waals surface area contributed by atoms with Gasteiger partial charge < -0.3 is 15.0 Å². The molecule has 8 nitrogen and oxygen atoms in total. The summed E-state index contributed by atoms with van der Waals surface area (Å²) in [7, 11) is -4.26. The number of thioether (sulfide) groups is 1. The zero-order chi connectivity index (χ0) is 34.7. The molecule has 1 atom stereocenters. The Balaban J connectivity index is 1.84. The van der Waals surface area contributed by atoms with Gasteiger partial charge in [0.2, 0.25) is 11.8 Å². The zero-order valence-electron chi connectivity index (χ0n) is 28.3. The fourth-order valence-electron chi connectivity index (χ4n) is 5.31. The van der Waals surface area contributed by atoms with Crippen LogP contribution in [0.15, 0.2) is 113 Å². The van der Waals surface area contributed by atoms with Gasteiger partial charge in [0.25, 0.3) is 10.0 Å². The van der Waals surface area contributed by atoms with E-state index < -0.39 is 28.5 Å². The Morgan fingerprint density at radius 3 is 2.19 bits per heavy atom. The molecule has 0 radical (unpaired) electrons.